The van der Waals surface area contributed by atoms with Crippen LogP contribution in [-0.4, -0.2) is 9.38 Å². The van der Waals surface area contributed by atoms with E-state index in [1.165, 1.54) is 0 Å². The molecule has 0 bridgehead atoms. The van der Waals surface area contributed by atoms with E-state index < -0.39 is 0 Å². The molecule has 0 saturated carbocycles. The molecule has 3 heterocycles. The fraction of sp³-hybridized carbons (Fsp3) is 0. The molecule has 22 heavy (non-hydrogen) atoms. The molecule has 0 aliphatic carbocycles. The number of pyridine rings is 1. The van der Waals surface area contributed by atoms with Gasteiger partial charge in [-0.05, 0) is 36.4 Å². The molecule has 1 aromatic carbocycles. The number of fused-ring (bicyclic) bond motifs is 1. The van der Waals surface area contributed by atoms with Gasteiger partial charge >= 0.3 is 0 Å². The Morgan fingerprint density at radius 2 is 1.86 bits per heavy atom. The van der Waals surface area contributed by atoms with Gasteiger partial charge in [-0.15, -0.1) is 0 Å². The lowest BCUT2D eigenvalue weighted by Gasteiger charge is -2.08. The Morgan fingerprint density at radius 3 is 2.64 bits per heavy atom. The van der Waals surface area contributed by atoms with Crippen LogP contribution in [0.4, 0.5) is 11.5 Å². The predicted octanol–water partition coefficient (Wildman–Crippen LogP) is 4.99. The van der Waals surface area contributed by atoms with Crippen LogP contribution in [0.3, 0.4) is 0 Å². The molecular weight excluding hydrogens is 298 g/mol. The number of benzene rings is 1. The smallest absolute Gasteiger partial charge is 0.156 e. The molecule has 108 valence electrons. The maximum atomic E-state index is 6.13. The number of aromatic nitrogens is 2. The molecule has 4 nitrogen and oxygen atoms in total. The zero-order chi connectivity index (χ0) is 14.9. The zero-order valence-electron chi connectivity index (χ0n) is 11.5. The molecule has 0 spiro atoms. The monoisotopic (exact) mass is 309 g/mol. The van der Waals surface area contributed by atoms with Crippen LogP contribution >= 0.6 is 11.6 Å². The van der Waals surface area contributed by atoms with Crippen LogP contribution in [0.2, 0.25) is 5.02 Å². The number of hydrogen-bond donors (Lipinski definition) is 1. The number of para-hydroxylation sites is 1. The highest BCUT2D eigenvalue weighted by Gasteiger charge is 2.16. The molecule has 4 aromatic rings. The van der Waals surface area contributed by atoms with E-state index in [4.69, 9.17) is 16.0 Å². The van der Waals surface area contributed by atoms with Gasteiger partial charge in [0.05, 0.1) is 11.3 Å². The largest absolute Gasteiger partial charge is 0.463 e. The van der Waals surface area contributed by atoms with Gasteiger partial charge in [-0.2, -0.15) is 0 Å². The first kappa shape index (κ1) is 13.0. The van der Waals surface area contributed by atoms with Crippen molar-refractivity contribution in [3.63, 3.8) is 0 Å². The Kier molecular flexibility index (Phi) is 3.09. The highest BCUT2D eigenvalue weighted by Crippen LogP contribution is 2.32. The minimum Gasteiger partial charge on any atom is -0.463 e. The fourth-order valence-corrected chi connectivity index (χ4v) is 2.54. The maximum Gasteiger partial charge on any atom is 0.156 e. The summed E-state index contributed by atoms with van der Waals surface area (Å²) < 4.78 is 7.43. The van der Waals surface area contributed by atoms with Crippen molar-refractivity contribution in [1.82, 2.24) is 9.38 Å². The highest BCUT2D eigenvalue weighted by molar-refractivity contribution is 6.30. The summed E-state index contributed by atoms with van der Waals surface area (Å²) >= 11 is 6.13. The topological polar surface area (TPSA) is 42.5 Å². The molecule has 0 fully saturated rings. The number of halogens is 1. The lowest BCUT2D eigenvalue weighted by Crippen LogP contribution is -1.96. The van der Waals surface area contributed by atoms with Gasteiger partial charge in [-0.25, -0.2) is 4.98 Å². The van der Waals surface area contributed by atoms with E-state index in [9.17, 15) is 0 Å². The van der Waals surface area contributed by atoms with Crippen molar-refractivity contribution in [3.05, 3.63) is 72.1 Å². The number of nitrogens with zero attached hydrogens (tertiary/aromatic N) is 2. The van der Waals surface area contributed by atoms with Gasteiger partial charge in [0.1, 0.15) is 17.2 Å². The molecule has 0 radical (unpaired) electrons. The number of imidazole rings is 1. The van der Waals surface area contributed by atoms with Crippen LogP contribution in [0.1, 0.15) is 0 Å². The summed E-state index contributed by atoms with van der Waals surface area (Å²) in [6.45, 7) is 0. The average molecular weight is 310 g/mol. The van der Waals surface area contributed by atoms with E-state index in [2.05, 4.69) is 10.3 Å². The summed E-state index contributed by atoms with van der Waals surface area (Å²) in [5, 5.41) is 4.04. The lowest BCUT2D eigenvalue weighted by molar-refractivity contribution is 0.581. The molecule has 0 atom stereocenters. The summed E-state index contributed by atoms with van der Waals surface area (Å²) in [5.41, 5.74) is 2.52. The van der Waals surface area contributed by atoms with Crippen LogP contribution in [0.5, 0.6) is 0 Å². The number of hydrogen-bond acceptors (Lipinski definition) is 3. The summed E-state index contributed by atoms with van der Waals surface area (Å²) in [7, 11) is 0. The second-order valence-corrected chi connectivity index (χ2v) is 5.29. The first-order valence-corrected chi connectivity index (χ1v) is 7.22. The third-order valence-electron chi connectivity index (χ3n) is 3.37. The summed E-state index contributed by atoms with van der Waals surface area (Å²) in [4.78, 5) is 4.64. The molecular formula is C17H12ClN3O. The van der Waals surface area contributed by atoms with Crippen molar-refractivity contribution in [2.45, 2.75) is 0 Å². The van der Waals surface area contributed by atoms with Crippen molar-refractivity contribution in [2.75, 3.05) is 5.32 Å². The van der Waals surface area contributed by atoms with Gasteiger partial charge in [-0.3, -0.25) is 4.40 Å². The zero-order valence-corrected chi connectivity index (χ0v) is 12.3. The van der Waals surface area contributed by atoms with Crippen molar-refractivity contribution in [1.29, 1.82) is 0 Å². The second kappa shape index (κ2) is 5.24. The standard InChI is InChI=1S/C17H12ClN3O/c18-12-8-9-15-20-16(14-7-4-10-22-14)17(21(15)11-12)19-13-5-2-1-3-6-13/h1-11,19H. The molecule has 0 unspecified atom stereocenters. The van der Waals surface area contributed by atoms with Crippen molar-refractivity contribution in [2.24, 2.45) is 0 Å². The third-order valence-corrected chi connectivity index (χ3v) is 3.60. The molecule has 5 heteroatoms. The summed E-state index contributed by atoms with van der Waals surface area (Å²) in [6, 6.07) is 17.4. The number of furan rings is 1. The normalized spacial score (nSPS) is 11.0. The lowest BCUT2D eigenvalue weighted by atomic mass is 10.3. The van der Waals surface area contributed by atoms with Crippen LogP contribution in [0.25, 0.3) is 17.1 Å². The maximum absolute atomic E-state index is 6.13. The Morgan fingerprint density at radius 1 is 1.00 bits per heavy atom. The highest BCUT2D eigenvalue weighted by atomic mass is 35.5. The number of anilines is 2. The molecule has 3 aromatic heterocycles. The van der Waals surface area contributed by atoms with E-state index in [1.807, 2.05) is 65.2 Å². The van der Waals surface area contributed by atoms with E-state index in [0.29, 0.717) is 10.8 Å². The summed E-state index contributed by atoms with van der Waals surface area (Å²) in [5.74, 6) is 1.52. The first-order valence-electron chi connectivity index (χ1n) is 6.85. The van der Waals surface area contributed by atoms with Gasteiger partial charge in [0.2, 0.25) is 0 Å². The van der Waals surface area contributed by atoms with E-state index >= 15 is 0 Å². The van der Waals surface area contributed by atoms with Gasteiger partial charge < -0.3 is 9.73 Å². The van der Waals surface area contributed by atoms with E-state index in [-0.39, 0.29) is 0 Å². The Labute approximate surface area is 132 Å². The minimum absolute atomic E-state index is 0.645. The van der Waals surface area contributed by atoms with Crippen molar-refractivity contribution >= 4 is 28.8 Å². The Bertz CT molecular complexity index is 914. The predicted molar refractivity (Wildman–Crippen MR) is 87.6 cm³/mol. The van der Waals surface area contributed by atoms with Crippen LogP contribution in [-0.2, 0) is 0 Å². The average Bonchev–Trinajstić information content (AvgIpc) is 3.17. The second-order valence-electron chi connectivity index (χ2n) is 4.85. The van der Waals surface area contributed by atoms with E-state index in [1.54, 1.807) is 6.26 Å². The van der Waals surface area contributed by atoms with Crippen molar-refractivity contribution < 1.29 is 4.42 Å². The van der Waals surface area contributed by atoms with Gasteiger partial charge in [0.25, 0.3) is 0 Å². The van der Waals surface area contributed by atoms with E-state index in [0.717, 1.165) is 22.8 Å². The fourth-order valence-electron chi connectivity index (χ4n) is 2.38. The Hall–Kier alpha value is -2.72. The quantitative estimate of drug-likeness (QED) is 0.579. The van der Waals surface area contributed by atoms with Gasteiger partial charge in [0.15, 0.2) is 5.76 Å². The SMILES string of the molecule is Clc1ccc2nc(-c3ccco3)c(Nc3ccccc3)n2c1. The first-order chi connectivity index (χ1) is 10.8. The van der Waals surface area contributed by atoms with Crippen LogP contribution in [0, 0.1) is 0 Å². The van der Waals surface area contributed by atoms with Crippen LogP contribution < -0.4 is 5.32 Å². The summed E-state index contributed by atoms with van der Waals surface area (Å²) in [6.07, 6.45) is 3.47. The molecule has 0 saturated heterocycles. The third kappa shape index (κ3) is 2.23. The molecule has 0 aliphatic heterocycles. The minimum atomic E-state index is 0.645. The Balaban J connectivity index is 1.93. The van der Waals surface area contributed by atoms with Gasteiger partial charge in [0, 0.05) is 11.9 Å². The van der Waals surface area contributed by atoms with Gasteiger partial charge in [-0.1, -0.05) is 29.8 Å². The number of nitrogens with one attached hydrogen (secondary N) is 1. The van der Waals surface area contributed by atoms with Crippen LogP contribution in [0.15, 0.2) is 71.5 Å². The molecule has 1 N–H and O–H groups in total. The number of rotatable bonds is 3. The van der Waals surface area contributed by atoms with Crippen molar-refractivity contribution in [3.8, 4) is 11.5 Å². The molecule has 0 amide bonds. The molecule has 4 rings (SSSR count). The molecule has 0 aliphatic rings.